The lowest BCUT2D eigenvalue weighted by Gasteiger charge is -2.10. The van der Waals surface area contributed by atoms with Gasteiger partial charge in [0.2, 0.25) is 0 Å². The van der Waals surface area contributed by atoms with Crippen molar-refractivity contribution in [3.63, 3.8) is 0 Å². The highest BCUT2D eigenvalue weighted by molar-refractivity contribution is 6.59. The standard InChI is InChI=1S/C10H14BFO3/c1-2-3-6-15-10-5-4-8(12)7-9(10)11(13)14/h4-5,7,13-14H,2-3,6H2,1H3. The number of benzene rings is 1. The molecule has 82 valence electrons. The smallest absolute Gasteiger partial charge is 0.492 e. The van der Waals surface area contributed by atoms with E-state index in [0.717, 1.165) is 18.9 Å². The summed E-state index contributed by atoms with van der Waals surface area (Å²) >= 11 is 0. The molecule has 0 atom stereocenters. The molecule has 0 aromatic heterocycles. The fourth-order valence-electron chi connectivity index (χ4n) is 1.18. The summed E-state index contributed by atoms with van der Waals surface area (Å²) in [6.07, 6.45) is 1.86. The number of halogens is 1. The van der Waals surface area contributed by atoms with Gasteiger partial charge in [0, 0.05) is 5.46 Å². The van der Waals surface area contributed by atoms with Crippen LogP contribution in [-0.2, 0) is 0 Å². The lowest BCUT2D eigenvalue weighted by molar-refractivity contribution is 0.309. The fourth-order valence-corrected chi connectivity index (χ4v) is 1.18. The molecule has 0 aliphatic heterocycles. The van der Waals surface area contributed by atoms with Crippen molar-refractivity contribution in [3.8, 4) is 5.75 Å². The second-order valence-electron chi connectivity index (χ2n) is 3.26. The van der Waals surface area contributed by atoms with E-state index in [0.29, 0.717) is 12.4 Å². The Hall–Kier alpha value is -1.07. The van der Waals surface area contributed by atoms with Gasteiger partial charge in [-0.1, -0.05) is 13.3 Å². The van der Waals surface area contributed by atoms with Gasteiger partial charge in [-0.3, -0.25) is 0 Å². The Morgan fingerprint density at radius 1 is 1.40 bits per heavy atom. The molecular formula is C10H14BFO3. The van der Waals surface area contributed by atoms with Gasteiger partial charge in [-0.25, -0.2) is 4.39 Å². The highest BCUT2D eigenvalue weighted by Crippen LogP contribution is 2.10. The van der Waals surface area contributed by atoms with Gasteiger partial charge < -0.3 is 14.8 Å². The van der Waals surface area contributed by atoms with Crippen LogP contribution in [0.3, 0.4) is 0 Å². The van der Waals surface area contributed by atoms with Crippen molar-refractivity contribution in [2.45, 2.75) is 19.8 Å². The highest BCUT2D eigenvalue weighted by atomic mass is 19.1. The molecule has 0 spiro atoms. The number of rotatable bonds is 5. The fraction of sp³-hybridized carbons (Fsp3) is 0.400. The van der Waals surface area contributed by atoms with Crippen molar-refractivity contribution >= 4 is 12.6 Å². The first-order chi connectivity index (χ1) is 7.15. The summed E-state index contributed by atoms with van der Waals surface area (Å²) in [6, 6.07) is 3.69. The summed E-state index contributed by atoms with van der Waals surface area (Å²) in [4.78, 5) is 0. The van der Waals surface area contributed by atoms with Crippen molar-refractivity contribution in [2.24, 2.45) is 0 Å². The summed E-state index contributed by atoms with van der Waals surface area (Å²) < 4.78 is 18.1. The maximum atomic E-state index is 12.8. The topological polar surface area (TPSA) is 49.7 Å². The van der Waals surface area contributed by atoms with Gasteiger partial charge in [0.25, 0.3) is 0 Å². The number of unbranched alkanes of at least 4 members (excludes halogenated alkanes) is 1. The average molecular weight is 212 g/mol. The van der Waals surface area contributed by atoms with Crippen molar-refractivity contribution in [2.75, 3.05) is 6.61 Å². The van der Waals surface area contributed by atoms with Crippen molar-refractivity contribution in [1.82, 2.24) is 0 Å². The normalized spacial score (nSPS) is 10.1. The lowest BCUT2D eigenvalue weighted by atomic mass is 9.79. The van der Waals surface area contributed by atoms with E-state index in [1.165, 1.54) is 12.1 Å². The molecule has 0 bridgehead atoms. The molecule has 3 nitrogen and oxygen atoms in total. The van der Waals surface area contributed by atoms with Gasteiger partial charge in [0.1, 0.15) is 11.6 Å². The Morgan fingerprint density at radius 3 is 2.73 bits per heavy atom. The minimum atomic E-state index is -1.71. The molecule has 0 amide bonds. The Balaban J connectivity index is 2.77. The molecule has 0 fully saturated rings. The summed E-state index contributed by atoms with van der Waals surface area (Å²) in [5.41, 5.74) is 0.0612. The van der Waals surface area contributed by atoms with Crippen LogP contribution in [0.25, 0.3) is 0 Å². The Labute approximate surface area is 88.7 Å². The predicted molar refractivity (Wildman–Crippen MR) is 56.6 cm³/mol. The van der Waals surface area contributed by atoms with Crippen LogP contribution in [0.5, 0.6) is 5.75 Å². The molecule has 15 heavy (non-hydrogen) atoms. The first kappa shape index (κ1) is 12.0. The molecule has 0 unspecified atom stereocenters. The molecular weight excluding hydrogens is 198 g/mol. The SMILES string of the molecule is CCCCOc1ccc(F)cc1B(O)O. The minimum Gasteiger partial charge on any atom is -0.494 e. The molecule has 0 radical (unpaired) electrons. The van der Waals surface area contributed by atoms with E-state index >= 15 is 0 Å². The number of hydrogen-bond acceptors (Lipinski definition) is 3. The molecule has 2 N–H and O–H groups in total. The zero-order valence-electron chi connectivity index (χ0n) is 8.61. The minimum absolute atomic E-state index is 0.0612. The van der Waals surface area contributed by atoms with Crippen molar-refractivity contribution in [1.29, 1.82) is 0 Å². The van der Waals surface area contributed by atoms with Crippen molar-refractivity contribution in [3.05, 3.63) is 24.0 Å². The van der Waals surface area contributed by atoms with Gasteiger partial charge in [0.05, 0.1) is 6.61 Å². The number of hydrogen-bond donors (Lipinski definition) is 2. The van der Waals surface area contributed by atoms with Crippen LogP contribution >= 0.6 is 0 Å². The van der Waals surface area contributed by atoms with Crippen LogP contribution in [0.1, 0.15) is 19.8 Å². The van der Waals surface area contributed by atoms with Crippen LogP contribution < -0.4 is 10.2 Å². The van der Waals surface area contributed by atoms with E-state index in [2.05, 4.69) is 0 Å². The van der Waals surface area contributed by atoms with Gasteiger partial charge in [-0.05, 0) is 24.6 Å². The van der Waals surface area contributed by atoms with E-state index < -0.39 is 12.9 Å². The second-order valence-corrected chi connectivity index (χ2v) is 3.26. The zero-order chi connectivity index (χ0) is 11.3. The van der Waals surface area contributed by atoms with E-state index in [1.54, 1.807) is 0 Å². The van der Waals surface area contributed by atoms with Gasteiger partial charge in [-0.15, -0.1) is 0 Å². The van der Waals surface area contributed by atoms with E-state index in [4.69, 9.17) is 14.8 Å². The highest BCUT2D eigenvalue weighted by Gasteiger charge is 2.17. The number of ether oxygens (including phenoxy) is 1. The monoisotopic (exact) mass is 212 g/mol. The van der Waals surface area contributed by atoms with Crippen LogP contribution in [0.15, 0.2) is 18.2 Å². The second kappa shape index (κ2) is 5.73. The largest absolute Gasteiger partial charge is 0.494 e. The lowest BCUT2D eigenvalue weighted by Crippen LogP contribution is -2.32. The van der Waals surface area contributed by atoms with Crippen LogP contribution in [0.2, 0.25) is 0 Å². The van der Waals surface area contributed by atoms with Gasteiger partial charge in [-0.2, -0.15) is 0 Å². The first-order valence-electron chi connectivity index (χ1n) is 4.93. The summed E-state index contributed by atoms with van der Waals surface area (Å²) in [7, 11) is -1.71. The van der Waals surface area contributed by atoms with Crippen LogP contribution in [-0.4, -0.2) is 23.8 Å². The molecule has 1 aromatic carbocycles. The first-order valence-corrected chi connectivity index (χ1v) is 4.93. The molecule has 1 rings (SSSR count). The van der Waals surface area contributed by atoms with Gasteiger partial charge >= 0.3 is 7.12 Å². The zero-order valence-corrected chi connectivity index (χ0v) is 8.61. The third-order valence-corrected chi connectivity index (χ3v) is 2.01. The molecule has 0 saturated carbocycles. The Bertz CT molecular complexity index is 318. The Kier molecular flexibility index (Phi) is 4.58. The van der Waals surface area contributed by atoms with Crippen molar-refractivity contribution < 1.29 is 19.2 Å². The van der Waals surface area contributed by atoms with Crippen LogP contribution in [0, 0.1) is 5.82 Å². The van der Waals surface area contributed by atoms with Gasteiger partial charge in [0.15, 0.2) is 0 Å². The summed E-state index contributed by atoms with van der Waals surface area (Å²) in [5, 5.41) is 18.0. The Morgan fingerprint density at radius 2 is 2.13 bits per heavy atom. The van der Waals surface area contributed by atoms with E-state index in [1.807, 2.05) is 6.92 Å². The quantitative estimate of drug-likeness (QED) is 0.557. The maximum Gasteiger partial charge on any atom is 0.492 e. The van der Waals surface area contributed by atoms with E-state index in [-0.39, 0.29) is 5.46 Å². The summed E-state index contributed by atoms with van der Waals surface area (Å²) in [5.74, 6) is -0.194. The molecule has 0 aliphatic carbocycles. The predicted octanol–water partition coefficient (Wildman–Crippen LogP) is 0.684. The maximum absolute atomic E-state index is 12.8. The third-order valence-electron chi connectivity index (χ3n) is 2.01. The molecule has 0 saturated heterocycles. The summed E-state index contributed by atoms with van der Waals surface area (Å²) in [6.45, 7) is 2.51. The van der Waals surface area contributed by atoms with Crippen LogP contribution in [0.4, 0.5) is 4.39 Å². The van der Waals surface area contributed by atoms with E-state index in [9.17, 15) is 4.39 Å². The third kappa shape index (κ3) is 3.53. The molecule has 1 aromatic rings. The molecule has 5 heteroatoms. The molecule has 0 heterocycles. The molecule has 0 aliphatic rings. The average Bonchev–Trinajstić information content (AvgIpc) is 2.20.